The average Bonchev–Trinajstić information content (AvgIpc) is 3.32. The fourth-order valence-corrected chi connectivity index (χ4v) is 5.64. The van der Waals surface area contributed by atoms with Gasteiger partial charge in [-0.3, -0.25) is 10.1 Å². The summed E-state index contributed by atoms with van der Waals surface area (Å²) in [4.78, 5) is 14.7. The first-order valence-electron chi connectivity index (χ1n) is 8.18. The number of nitrogens with one attached hydrogen (secondary N) is 2. The van der Waals surface area contributed by atoms with Gasteiger partial charge in [0.1, 0.15) is 6.23 Å². The molecule has 4 heterocycles. The highest BCUT2D eigenvalue weighted by Crippen LogP contribution is 2.46. The molecule has 6 heteroatoms. The van der Waals surface area contributed by atoms with E-state index in [0.717, 1.165) is 37.7 Å². The van der Waals surface area contributed by atoms with E-state index in [1.54, 1.807) is 22.7 Å². The van der Waals surface area contributed by atoms with Crippen LogP contribution >= 0.6 is 22.7 Å². The van der Waals surface area contributed by atoms with E-state index in [2.05, 4.69) is 17.6 Å². The maximum absolute atomic E-state index is 12.6. The number of hydrogen-bond acceptors (Lipinski definition) is 5. The molecule has 3 aliphatic rings. The minimum atomic E-state index is -0.682. The van der Waals surface area contributed by atoms with Gasteiger partial charge in [-0.1, -0.05) is 19.1 Å². The summed E-state index contributed by atoms with van der Waals surface area (Å²) in [6, 6.07) is 7.98. The summed E-state index contributed by atoms with van der Waals surface area (Å²) in [5.74, 6) is 0.0625. The van der Waals surface area contributed by atoms with Crippen LogP contribution in [0, 0.1) is 5.92 Å². The molecule has 2 aliphatic heterocycles. The fraction of sp³-hybridized carbons (Fsp3) is 0.211. The van der Waals surface area contributed by atoms with Gasteiger partial charge < -0.3 is 10.4 Å². The number of fused-ring (bicyclic) bond motifs is 2. The summed E-state index contributed by atoms with van der Waals surface area (Å²) in [6.07, 6.45) is 1.36. The Morgan fingerprint density at radius 1 is 1.08 bits per heavy atom. The van der Waals surface area contributed by atoms with E-state index in [0.29, 0.717) is 0 Å². The third-order valence-corrected chi connectivity index (χ3v) is 6.89. The predicted octanol–water partition coefficient (Wildman–Crippen LogP) is 2.97. The van der Waals surface area contributed by atoms with Crippen molar-refractivity contribution in [3.8, 4) is 0 Å². The van der Waals surface area contributed by atoms with Crippen molar-refractivity contribution in [2.75, 3.05) is 0 Å². The highest BCUT2D eigenvalue weighted by molar-refractivity contribution is 7.11. The van der Waals surface area contributed by atoms with E-state index in [4.69, 9.17) is 0 Å². The van der Waals surface area contributed by atoms with Crippen molar-refractivity contribution in [3.63, 3.8) is 0 Å². The van der Waals surface area contributed by atoms with Crippen LogP contribution in [0.2, 0.25) is 0 Å². The standard InChI is InChI=1S/C19H16N2O2S2/c1-9-14-11(20-19(23)16(14)13-5-3-7-25-13)8-10-15(12-4-2-6-24-12)18(22)21-17(9)10/h2-9,17-18,21-22H,1H3,(H,20,23). The topological polar surface area (TPSA) is 61.4 Å². The van der Waals surface area contributed by atoms with Crippen molar-refractivity contribution < 1.29 is 9.90 Å². The van der Waals surface area contributed by atoms with Gasteiger partial charge >= 0.3 is 0 Å². The maximum atomic E-state index is 12.6. The molecule has 4 nitrogen and oxygen atoms in total. The average molecular weight is 368 g/mol. The third kappa shape index (κ3) is 2.15. The molecule has 1 aliphatic carbocycles. The highest BCUT2D eigenvalue weighted by atomic mass is 32.1. The van der Waals surface area contributed by atoms with Gasteiger partial charge in [0.25, 0.3) is 5.91 Å². The highest BCUT2D eigenvalue weighted by Gasteiger charge is 2.44. The molecular formula is C19H16N2O2S2. The second-order valence-corrected chi connectivity index (χ2v) is 8.36. The van der Waals surface area contributed by atoms with Gasteiger partial charge in [0, 0.05) is 33.0 Å². The first kappa shape index (κ1) is 15.3. The van der Waals surface area contributed by atoms with Crippen molar-refractivity contribution in [1.82, 2.24) is 10.6 Å². The van der Waals surface area contributed by atoms with Crippen LogP contribution in [0.4, 0.5) is 0 Å². The number of aliphatic hydroxyl groups is 1. The molecule has 0 saturated heterocycles. The number of allylic oxidation sites excluding steroid dienone is 1. The molecule has 126 valence electrons. The number of carbonyl (C=O) groups excluding carboxylic acids is 1. The van der Waals surface area contributed by atoms with Crippen molar-refractivity contribution in [3.05, 3.63) is 67.7 Å². The minimum Gasteiger partial charge on any atom is -0.374 e. The lowest BCUT2D eigenvalue weighted by atomic mass is 9.80. The van der Waals surface area contributed by atoms with Gasteiger partial charge in [0.2, 0.25) is 0 Å². The molecule has 3 N–H and O–H groups in total. The Morgan fingerprint density at radius 3 is 2.48 bits per heavy atom. The first-order chi connectivity index (χ1) is 12.1. The van der Waals surface area contributed by atoms with Crippen molar-refractivity contribution in [2.45, 2.75) is 19.2 Å². The number of hydrogen-bond donors (Lipinski definition) is 3. The Morgan fingerprint density at radius 2 is 1.80 bits per heavy atom. The Balaban J connectivity index is 1.71. The molecule has 0 radical (unpaired) electrons. The smallest absolute Gasteiger partial charge is 0.257 e. The van der Waals surface area contributed by atoms with Crippen LogP contribution in [0.5, 0.6) is 0 Å². The van der Waals surface area contributed by atoms with Gasteiger partial charge in [-0.05, 0) is 40.1 Å². The summed E-state index contributed by atoms with van der Waals surface area (Å²) in [5, 5.41) is 20.9. The van der Waals surface area contributed by atoms with Crippen LogP contribution in [-0.4, -0.2) is 23.3 Å². The van der Waals surface area contributed by atoms with Crippen molar-refractivity contribution in [2.24, 2.45) is 5.92 Å². The Kier molecular flexibility index (Phi) is 3.36. The van der Waals surface area contributed by atoms with Crippen molar-refractivity contribution in [1.29, 1.82) is 0 Å². The lowest BCUT2D eigenvalue weighted by Gasteiger charge is -2.29. The second kappa shape index (κ2) is 5.51. The van der Waals surface area contributed by atoms with Crippen LogP contribution in [0.25, 0.3) is 11.1 Å². The minimum absolute atomic E-state index is 0.00788. The molecule has 0 bridgehead atoms. The van der Waals surface area contributed by atoms with Crippen LogP contribution < -0.4 is 10.6 Å². The van der Waals surface area contributed by atoms with Gasteiger partial charge in [-0.15, -0.1) is 22.7 Å². The van der Waals surface area contributed by atoms with Gasteiger partial charge in [0.05, 0.1) is 5.57 Å². The van der Waals surface area contributed by atoms with E-state index in [1.165, 1.54) is 0 Å². The molecule has 1 amide bonds. The molecule has 0 spiro atoms. The Bertz CT molecular complexity index is 952. The number of thiophene rings is 2. The summed E-state index contributed by atoms with van der Waals surface area (Å²) < 4.78 is 0. The maximum Gasteiger partial charge on any atom is 0.257 e. The lowest BCUT2D eigenvalue weighted by molar-refractivity contribution is -0.114. The second-order valence-electron chi connectivity index (χ2n) is 6.46. The number of aliphatic hydroxyl groups excluding tert-OH is 1. The zero-order valence-corrected chi connectivity index (χ0v) is 15.1. The van der Waals surface area contributed by atoms with Gasteiger partial charge in [-0.25, -0.2) is 0 Å². The van der Waals surface area contributed by atoms with Gasteiger partial charge in [-0.2, -0.15) is 0 Å². The van der Waals surface area contributed by atoms with E-state index >= 15 is 0 Å². The molecule has 25 heavy (non-hydrogen) atoms. The molecule has 2 aromatic heterocycles. The fourth-order valence-electron chi connectivity index (χ4n) is 4.04. The summed E-state index contributed by atoms with van der Waals surface area (Å²) >= 11 is 3.20. The third-order valence-electron chi connectivity index (χ3n) is 5.10. The van der Waals surface area contributed by atoms with Crippen LogP contribution in [0.15, 0.2) is 57.9 Å². The quantitative estimate of drug-likeness (QED) is 0.764. The Labute approximate surface area is 153 Å². The molecular weight excluding hydrogens is 352 g/mol. The zero-order chi connectivity index (χ0) is 17.1. The Hall–Kier alpha value is -1.99. The van der Waals surface area contributed by atoms with Crippen LogP contribution in [0.1, 0.15) is 16.7 Å². The number of carbonyl (C=O) groups is 1. The van der Waals surface area contributed by atoms with Crippen LogP contribution in [-0.2, 0) is 4.79 Å². The number of rotatable bonds is 2. The van der Waals surface area contributed by atoms with Crippen LogP contribution in [0.3, 0.4) is 0 Å². The molecule has 5 rings (SSSR count). The molecule has 2 aromatic rings. The SMILES string of the molecule is CC1C2=C(c3cccs3)C(=O)NC2=CC2=C(c3cccs3)C(O)NC21. The molecule has 0 saturated carbocycles. The largest absolute Gasteiger partial charge is 0.374 e. The normalized spacial score (nSPS) is 28.2. The monoisotopic (exact) mass is 368 g/mol. The molecule has 3 unspecified atom stereocenters. The summed E-state index contributed by atoms with van der Waals surface area (Å²) in [6.45, 7) is 2.12. The predicted molar refractivity (Wildman–Crippen MR) is 101 cm³/mol. The van der Waals surface area contributed by atoms with Gasteiger partial charge in [0.15, 0.2) is 0 Å². The van der Waals surface area contributed by atoms with E-state index < -0.39 is 6.23 Å². The van der Waals surface area contributed by atoms with E-state index in [1.807, 2.05) is 41.1 Å². The molecule has 0 aromatic carbocycles. The van der Waals surface area contributed by atoms with E-state index in [-0.39, 0.29) is 17.9 Å². The van der Waals surface area contributed by atoms with E-state index in [9.17, 15) is 9.90 Å². The van der Waals surface area contributed by atoms with Crippen molar-refractivity contribution >= 4 is 39.7 Å². The summed E-state index contributed by atoms with van der Waals surface area (Å²) in [5.41, 5.74) is 4.70. The molecule has 3 atom stereocenters. The zero-order valence-electron chi connectivity index (χ0n) is 13.4. The molecule has 0 fully saturated rings. The summed E-state index contributed by atoms with van der Waals surface area (Å²) in [7, 11) is 0. The number of amides is 1. The lowest BCUT2D eigenvalue weighted by Crippen LogP contribution is -2.39. The first-order valence-corrected chi connectivity index (χ1v) is 9.94.